The molecule has 1 amide bonds. The Hall–Kier alpha value is -2.29. The first kappa shape index (κ1) is 16.1. The molecule has 0 aliphatic carbocycles. The number of carbonyl (C=O) groups excluding carboxylic acids is 1. The summed E-state index contributed by atoms with van der Waals surface area (Å²) in [5.41, 5.74) is 4.48. The first-order chi connectivity index (χ1) is 10.5. The van der Waals surface area contributed by atoms with Crippen LogP contribution in [0.4, 0.5) is 0 Å². The SMILES string of the molecule is COc1ccc([C@@H](C)NC(=O)Cc2cc(C)ccc2C)cc1. The van der Waals surface area contributed by atoms with Crippen LogP contribution in [-0.4, -0.2) is 13.0 Å². The molecule has 0 unspecified atom stereocenters. The Balaban J connectivity index is 2.00. The molecule has 3 heteroatoms. The minimum atomic E-state index is -0.0245. The van der Waals surface area contributed by atoms with Crippen molar-refractivity contribution >= 4 is 5.91 Å². The molecule has 116 valence electrons. The molecular weight excluding hydrogens is 274 g/mol. The fourth-order valence-electron chi connectivity index (χ4n) is 2.43. The standard InChI is InChI=1S/C19H23NO2/c1-13-5-6-14(2)17(11-13)12-19(21)20-15(3)16-7-9-18(22-4)10-8-16/h5-11,15H,12H2,1-4H3,(H,20,21)/t15-/m1/s1. The van der Waals surface area contributed by atoms with E-state index in [0.717, 1.165) is 22.4 Å². The Morgan fingerprint density at radius 2 is 1.82 bits per heavy atom. The quantitative estimate of drug-likeness (QED) is 0.913. The van der Waals surface area contributed by atoms with E-state index in [2.05, 4.69) is 23.5 Å². The van der Waals surface area contributed by atoms with Gasteiger partial charge in [0.1, 0.15) is 5.75 Å². The molecule has 0 bridgehead atoms. The van der Waals surface area contributed by atoms with Gasteiger partial charge in [0, 0.05) is 0 Å². The van der Waals surface area contributed by atoms with E-state index in [9.17, 15) is 4.79 Å². The molecule has 0 aromatic heterocycles. The smallest absolute Gasteiger partial charge is 0.224 e. The van der Waals surface area contributed by atoms with E-state index in [4.69, 9.17) is 4.74 Å². The minimum Gasteiger partial charge on any atom is -0.497 e. The van der Waals surface area contributed by atoms with Crippen molar-refractivity contribution in [2.24, 2.45) is 0 Å². The molecule has 22 heavy (non-hydrogen) atoms. The van der Waals surface area contributed by atoms with Crippen LogP contribution in [0.3, 0.4) is 0 Å². The van der Waals surface area contributed by atoms with Crippen molar-refractivity contribution < 1.29 is 9.53 Å². The topological polar surface area (TPSA) is 38.3 Å². The van der Waals surface area contributed by atoms with Crippen LogP contribution in [0.15, 0.2) is 42.5 Å². The van der Waals surface area contributed by atoms with E-state index in [0.29, 0.717) is 6.42 Å². The van der Waals surface area contributed by atoms with E-state index >= 15 is 0 Å². The van der Waals surface area contributed by atoms with Gasteiger partial charge >= 0.3 is 0 Å². The van der Waals surface area contributed by atoms with Crippen LogP contribution >= 0.6 is 0 Å². The predicted octanol–water partition coefficient (Wildman–Crippen LogP) is 3.73. The van der Waals surface area contributed by atoms with Gasteiger partial charge in [-0.3, -0.25) is 4.79 Å². The van der Waals surface area contributed by atoms with E-state index in [1.165, 1.54) is 5.56 Å². The van der Waals surface area contributed by atoms with Gasteiger partial charge in [0.05, 0.1) is 19.6 Å². The van der Waals surface area contributed by atoms with Gasteiger partial charge < -0.3 is 10.1 Å². The number of nitrogens with one attached hydrogen (secondary N) is 1. The lowest BCUT2D eigenvalue weighted by Gasteiger charge is -2.15. The number of amides is 1. The lowest BCUT2D eigenvalue weighted by Crippen LogP contribution is -2.28. The van der Waals surface area contributed by atoms with Gasteiger partial charge in [-0.1, -0.05) is 35.9 Å². The van der Waals surface area contributed by atoms with Gasteiger partial charge in [-0.25, -0.2) is 0 Å². The lowest BCUT2D eigenvalue weighted by atomic mass is 10.0. The lowest BCUT2D eigenvalue weighted by molar-refractivity contribution is -0.121. The van der Waals surface area contributed by atoms with Gasteiger partial charge in [-0.2, -0.15) is 0 Å². The van der Waals surface area contributed by atoms with Crippen LogP contribution in [0.2, 0.25) is 0 Å². The summed E-state index contributed by atoms with van der Waals surface area (Å²) in [5.74, 6) is 0.856. The summed E-state index contributed by atoms with van der Waals surface area (Å²) in [4.78, 5) is 12.2. The largest absolute Gasteiger partial charge is 0.497 e. The van der Waals surface area contributed by atoms with Crippen molar-refractivity contribution in [2.75, 3.05) is 7.11 Å². The summed E-state index contributed by atoms with van der Waals surface area (Å²) in [6.07, 6.45) is 0.411. The van der Waals surface area contributed by atoms with E-state index in [1.807, 2.05) is 45.0 Å². The van der Waals surface area contributed by atoms with Gasteiger partial charge in [0.25, 0.3) is 0 Å². The van der Waals surface area contributed by atoms with Gasteiger partial charge in [-0.15, -0.1) is 0 Å². The molecule has 0 aliphatic rings. The number of aryl methyl sites for hydroxylation is 2. The third kappa shape index (κ3) is 4.10. The maximum absolute atomic E-state index is 12.2. The molecule has 2 rings (SSSR count). The first-order valence-electron chi connectivity index (χ1n) is 7.49. The van der Waals surface area contributed by atoms with Crippen LogP contribution in [-0.2, 0) is 11.2 Å². The molecular formula is C19H23NO2. The second kappa shape index (κ2) is 7.12. The van der Waals surface area contributed by atoms with Crippen LogP contribution in [0, 0.1) is 13.8 Å². The highest BCUT2D eigenvalue weighted by molar-refractivity contribution is 5.79. The summed E-state index contributed by atoms with van der Waals surface area (Å²) in [6, 6.07) is 13.9. The number of benzene rings is 2. The highest BCUT2D eigenvalue weighted by Crippen LogP contribution is 2.18. The van der Waals surface area contributed by atoms with Crippen molar-refractivity contribution in [2.45, 2.75) is 33.2 Å². The Morgan fingerprint density at radius 1 is 1.14 bits per heavy atom. The zero-order valence-corrected chi connectivity index (χ0v) is 13.6. The predicted molar refractivity (Wildman–Crippen MR) is 89.2 cm³/mol. The fourth-order valence-corrected chi connectivity index (χ4v) is 2.43. The summed E-state index contributed by atoms with van der Waals surface area (Å²) in [6.45, 7) is 6.07. The molecule has 1 N–H and O–H groups in total. The summed E-state index contributed by atoms with van der Waals surface area (Å²) < 4.78 is 5.15. The summed E-state index contributed by atoms with van der Waals surface area (Å²) >= 11 is 0. The average Bonchev–Trinajstić information content (AvgIpc) is 2.51. The molecule has 1 atom stereocenters. The Labute approximate surface area is 132 Å². The van der Waals surface area contributed by atoms with Crippen molar-refractivity contribution in [1.29, 1.82) is 0 Å². The van der Waals surface area contributed by atoms with Crippen LogP contribution in [0.25, 0.3) is 0 Å². The maximum Gasteiger partial charge on any atom is 0.224 e. The van der Waals surface area contributed by atoms with Crippen LogP contribution < -0.4 is 10.1 Å². The van der Waals surface area contributed by atoms with Crippen molar-refractivity contribution in [3.63, 3.8) is 0 Å². The molecule has 0 aliphatic heterocycles. The van der Waals surface area contributed by atoms with Gasteiger partial charge in [-0.05, 0) is 49.6 Å². The van der Waals surface area contributed by atoms with E-state index in [-0.39, 0.29) is 11.9 Å². The third-order valence-electron chi connectivity index (χ3n) is 3.85. The van der Waals surface area contributed by atoms with Crippen molar-refractivity contribution in [3.05, 3.63) is 64.7 Å². The average molecular weight is 297 g/mol. The molecule has 2 aromatic carbocycles. The zero-order valence-electron chi connectivity index (χ0n) is 13.6. The highest BCUT2D eigenvalue weighted by Gasteiger charge is 2.11. The van der Waals surface area contributed by atoms with Gasteiger partial charge in [0.2, 0.25) is 5.91 Å². The number of hydrogen-bond acceptors (Lipinski definition) is 2. The third-order valence-corrected chi connectivity index (χ3v) is 3.85. The number of rotatable bonds is 5. The Kier molecular flexibility index (Phi) is 5.21. The van der Waals surface area contributed by atoms with Gasteiger partial charge in [0.15, 0.2) is 0 Å². The summed E-state index contributed by atoms with van der Waals surface area (Å²) in [7, 11) is 1.64. The second-order valence-corrected chi connectivity index (χ2v) is 5.67. The zero-order chi connectivity index (χ0) is 16.1. The minimum absolute atomic E-state index is 0.0245. The molecule has 0 saturated carbocycles. The number of hydrogen-bond donors (Lipinski definition) is 1. The maximum atomic E-state index is 12.2. The number of ether oxygens (including phenoxy) is 1. The fraction of sp³-hybridized carbons (Fsp3) is 0.316. The number of carbonyl (C=O) groups is 1. The van der Waals surface area contributed by atoms with E-state index in [1.54, 1.807) is 7.11 Å². The molecule has 0 saturated heterocycles. The molecule has 2 aromatic rings. The van der Waals surface area contributed by atoms with Crippen LogP contribution in [0.1, 0.15) is 35.2 Å². The second-order valence-electron chi connectivity index (χ2n) is 5.67. The molecule has 0 heterocycles. The Morgan fingerprint density at radius 3 is 2.45 bits per heavy atom. The Bertz CT molecular complexity index is 647. The number of methoxy groups -OCH3 is 1. The first-order valence-corrected chi connectivity index (χ1v) is 7.49. The monoisotopic (exact) mass is 297 g/mol. The van der Waals surface area contributed by atoms with E-state index < -0.39 is 0 Å². The van der Waals surface area contributed by atoms with Crippen molar-refractivity contribution in [1.82, 2.24) is 5.32 Å². The van der Waals surface area contributed by atoms with Crippen molar-refractivity contribution in [3.8, 4) is 5.75 Å². The summed E-state index contributed by atoms with van der Waals surface area (Å²) in [5, 5.41) is 3.05. The van der Waals surface area contributed by atoms with Crippen LogP contribution in [0.5, 0.6) is 5.75 Å². The molecule has 0 fully saturated rings. The normalized spacial score (nSPS) is 11.8. The molecule has 0 radical (unpaired) electrons. The molecule has 0 spiro atoms. The highest BCUT2D eigenvalue weighted by atomic mass is 16.5. The molecule has 3 nitrogen and oxygen atoms in total.